The first-order valence-corrected chi connectivity index (χ1v) is 11.6. The Hall–Kier alpha value is -3.44. The van der Waals surface area contributed by atoms with Gasteiger partial charge in [0, 0.05) is 25.0 Å². The second-order valence-electron chi connectivity index (χ2n) is 8.22. The van der Waals surface area contributed by atoms with E-state index >= 15 is 0 Å². The summed E-state index contributed by atoms with van der Waals surface area (Å²) in [6, 6.07) is 13.6. The van der Waals surface area contributed by atoms with Gasteiger partial charge in [-0.05, 0) is 42.0 Å². The molecule has 0 radical (unpaired) electrons. The predicted molar refractivity (Wildman–Crippen MR) is 134 cm³/mol. The number of ether oxygens (including phenoxy) is 3. The van der Waals surface area contributed by atoms with Crippen molar-refractivity contribution in [3.8, 4) is 11.5 Å². The van der Waals surface area contributed by atoms with Crippen LogP contribution < -0.4 is 20.3 Å². The number of rotatable bonds is 14. The van der Waals surface area contributed by atoms with Gasteiger partial charge >= 0.3 is 0 Å². The average molecular weight is 500 g/mol. The van der Waals surface area contributed by atoms with Crippen molar-refractivity contribution in [1.82, 2.24) is 10.9 Å². The Morgan fingerprint density at radius 1 is 1.19 bits per heavy atom. The Morgan fingerprint density at radius 2 is 1.94 bits per heavy atom. The molecule has 0 aliphatic carbocycles. The number of hydrogen-bond donors (Lipinski definition) is 5. The first-order valence-electron chi connectivity index (χ1n) is 11.6. The molecule has 0 saturated carbocycles. The fraction of sp³-hybridized carbons (Fsp3) is 0.385. The highest BCUT2D eigenvalue weighted by Crippen LogP contribution is 2.43. The third-order valence-corrected chi connectivity index (χ3v) is 5.71. The Balaban J connectivity index is 1.98. The molecular formula is C26H33N3O7. The van der Waals surface area contributed by atoms with Gasteiger partial charge in [-0.15, -0.1) is 6.58 Å². The number of aliphatic hydroxyl groups is 3. The van der Waals surface area contributed by atoms with E-state index in [9.17, 15) is 15.0 Å². The molecule has 2 atom stereocenters. The molecule has 0 fully saturated rings. The van der Waals surface area contributed by atoms with Gasteiger partial charge in [-0.2, -0.15) is 0 Å². The lowest BCUT2D eigenvalue weighted by Gasteiger charge is -2.30. The third kappa shape index (κ3) is 6.21. The maximum atomic E-state index is 13.6. The number of nitrogens with one attached hydrogen (secondary N) is 2. The minimum Gasteiger partial charge on any atom is -0.497 e. The molecule has 10 heteroatoms. The number of aliphatic hydroxyl groups excluding tert-OH is 3. The Bertz CT molecular complexity index is 1040. The topological polar surface area (TPSA) is 142 Å². The van der Waals surface area contributed by atoms with Crippen molar-refractivity contribution in [3.05, 3.63) is 72.3 Å². The monoisotopic (exact) mass is 499 g/mol. The third-order valence-electron chi connectivity index (χ3n) is 5.71. The number of methoxy groups -OCH3 is 1. The van der Waals surface area contributed by atoms with Gasteiger partial charge in [0.15, 0.2) is 11.6 Å². The molecule has 2 aromatic carbocycles. The van der Waals surface area contributed by atoms with Gasteiger partial charge in [-0.1, -0.05) is 18.2 Å². The molecule has 36 heavy (non-hydrogen) atoms. The normalized spacial score (nSPS) is 18.9. The fourth-order valence-electron chi connectivity index (χ4n) is 3.76. The number of hydrazine groups is 1. The molecule has 1 aliphatic heterocycles. The Kier molecular flexibility index (Phi) is 9.83. The van der Waals surface area contributed by atoms with Crippen LogP contribution in [0.1, 0.15) is 30.1 Å². The van der Waals surface area contributed by atoms with Crippen LogP contribution in [0.2, 0.25) is 0 Å². The molecule has 194 valence electrons. The minimum absolute atomic E-state index is 0.0497. The number of aliphatic imine (C=N–C) groups is 1. The largest absolute Gasteiger partial charge is 0.497 e. The van der Waals surface area contributed by atoms with E-state index in [4.69, 9.17) is 24.3 Å². The zero-order valence-corrected chi connectivity index (χ0v) is 20.2. The number of carbonyl (C=O) groups is 1. The van der Waals surface area contributed by atoms with Gasteiger partial charge in [0.05, 0.1) is 33.0 Å². The van der Waals surface area contributed by atoms with Gasteiger partial charge in [0.25, 0.3) is 5.91 Å². The standard InChI is InChI=1S/C26H33N3O7/c1-3-12-26(25(33)29-28-20(16-31)17-32)23(19-6-4-7-22(15-19)34-2)36-24(27-26)18-8-10-21(11-9-18)35-14-5-13-30/h3-4,6-11,15,20,23,28,30-32H,1,5,12-14,16-17H2,2H3,(H,29,33)/t23-,26-/m0/s1. The van der Waals surface area contributed by atoms with Gasteiger partial charge in [0.2, 0.25) is 5.90 Å². The summed E-state index contributed by atoms with van der Waals surface area (Å²) < 4.78 is 17.3. The van der Waals surface area contributed by atoms with Crippen LogP contribution in [0.5, 0.6) is 11.5 Å². The second-order valence-corrected chi connectivity index (χ2v) is 8.22. The summed E-state index contributed by atoms with van der Waals surface area (Å²) in [5.74, 6) is 0.984. The molecule has 0 aromatic heterocycles. The van der Waals surface area contributed by atoms with Gasteiger partial charge in [0.1, 0.15) is 11.5 Å². The number of nitrogens with zero attached hydrogens (tertiary/aromatic N) is 1. The first-order chi connectivity index (χ1) is 17.5. The van der Waals surface area contributed by atoms with Crippen molar-refractivity contribution in [2.75, 3.05) is 33.5 Å². The highest BCUT2D eigenvalue weighted by atomic mass is 16.5. The summed E-state index contributed by atoms with van der Waals surface area (Å²) in [5.41, 5.74) is 5.11. The highest BCUT2D eigenvalue weighted by Gasteiger charge is 2.52. The van der Waals surface area contributed by atoms with E-state index in [2.05, 4.69) is 17.4 Å². The molecular weight excluding hydrogens is 466 g/mol. The van der Waals surface area contributed by atoms with Crippen molar-refractivity contribution in [3.63, 3.8) is 0 Å². The van der Waals surface area contributed by atoms with Crippen molar-refractivity contribution in [1.29, 1.82) is 0 Å². The van der Waals surface area contributed by atoms with Crippen molar-refractivity contribution < 1.29 is 34.3 Å². The van der Waals surface area contributed by atoms with E-state index in [1.807, 2.05) is 6.07 Å². The number of benzene rings is 2. The van der Waals surface area contributed by atoms with Crippen LogP contribution in [0.3, 0.4) is 0 Å². The molecule has 0 saturated heterocycles. The zero-order chi connectivity index (χ0) is 26.0. The number of carbonyl (C=O) groups excluding carboxylic acids is 1. The summed E-state index contributed by atoms with van der Waals surface area (Å²) in [7, 11) is 1.55. The Morgan fingerprint density at radius 3 is 2.58 bits per heavy atom. The molecule has 2 aromatic rings. The molecule has 3 rings (SSSR count). The van der Waals surface area contributed by atoms with Gasteiger partial charge < -0.3 is 29.5 Å². The molecule has 1 amide bonds. The summed E-state index contributed by atoms with van der Waals surface area (Å²) in [6.45, 7) is 3.52. The van der Waals surface area contributed by atoms with E-state index in [-0.39, 0.29) is 32.1 Å². The first kappa shape index (κ1) is 27.2. The lowest BCUT2D eigenvalue weighted by Crippen LogP contribution is -2.56. The van der Waals surface area contributed by atoms with E-state index < -0.39 is 23.6 Å². The minimum atomic E-state index is -1.43. The van der Waals surface area contributed by atoms with E-state index in [0.29, 0.717) is 35.7 Å². The molecule has 0 bridgehead atoms. The molecule has 0 unspecified atom stereocenters. The fourth-order valence-corrected chi connectivity index (χ4v) is 3.76. The van der Waals surface area contributed by atoms with Crippen LogP contribution in [0.4, 0.5) is 0 Å². The second kappa shape index (κ2) is 13.0. The molecule has 5 N–H and O–H groups in total. The lowest BCUT2D eigenvalue weighted by atomic mass is 9.84. The van der Waals surface area contributed by atoms with E-state index in [1.165, 1.54) is 0 Å². The summed E-state index contributed by atoms with van der Waals surface area (Å²) >= 11 is 0. The average Bonchev–Trinajstić information content (AvgIpc) is 3.30. The highest BCUT2D eigenvalue weighted by molar-refractivity contribution is 6.01. The maximum Gasteiger partial charge on any atom is 0.266 e. The quantitative estimate of drug-likeness (QED) is 0.149. The van der Waals surface area contributed by atoms with Gasteiger partial charge in [-0.25, -0.2) is 10.4 Å². The lowest BCUT2D eigenvalue weighted by molar-refractivity contribution is -0.130. The van der Waals surface area contributed by atoms with Crippen LogP contribution in [-0.2, 0) is 9.53 Å². The van der Waals surface area contributed by atoms with Crippen molar-refractivity contribution >= 4 is 11.8 Å². The molecule has 1 aliphatic rings. The van der Waals surface area contributed by atoms with Gasteiger partial charge in [-0.3, -0.25) is 10.2 Å². The number of hydrogen-bond acceptors (Lipinski definition) is 9. The Labute approximate surface area is 210 Å². The molecule has 10 nitrogen and oxygen atoms in total. The van der Waals surface area contributed by atoms with Crippen LogP contribution in [0.15, 0.2) is 66.2 Å². The van der Waals surface area contributed by atoms with E-state index in [1.54, 1.807) is 55.7 Å². The predicted octanol–water partition coefficient (Wildman–Crippen LogP) is 1.26. The van der Waals surface area contributed by atoms with Crippen LogP contribution in [0, 0.1) is 0 Å². The summed E-state index contributed by atoms with van der Waals surface area (Å²) in [5, 5.41) is 27.7. The zero-order valence-electron chi connectivity index (χ0n) is 20.2. The maximum absolute atomic E-state index is 13.6. The van der Waals surface area contributed by atoms with Crippen molar-refractivity contribution in [2.45, 2.75) is 30.5 Å². The van der Waals surface area contributed by atoms with E-state index in [0.717, 1.165) is 0 Å². The molecule has 1 heterocycles. The summed E-state index contributed by atoms with van der Waals surface area (Å²) in [4.78, 5) is 18.3. The van der Waals surface area contributed by atoms with Crippen molar-refractivity contribution in [2.24, 2.45) is 4.99 Å². The van der Waals surface area contributed by atoms with Crippen LogP contribution in [-0.4, -0.2) is 72.2 Å². The SMILES string of the molecule is C=CC[C@]1(C(=O)NNC(CO)CO)N=C(c2ccc(OCCCO)cc2)O[C@H]1c1cccc(OC)c1. The van der Waals surface area contributed by atoms with Crippen LogP contribution in [0.25, 0.3) is 0 Å². The summed E-state index contributed by atoms with van der Waals surface area (Å²) in [6.07, 6.45) is 1.46. The molecule has 0 spiro atoms. The number of amides is 1. The smallest absolute Gasteiger partial charge is 0.266 e. The van der Waals surface area contributed by atoms with Crippen LogP contribution >= 0.6 is 0 Å².